The van der Waals surface area contributed by atoms with Gasteiger partial charge in [-0.1, -0.05) is 23.2 Å². The summed E-state index contributed by atoms with van der Waals surface area (Å²) < 4.78 is 24.9. The Labute approximate surface area is 256 Å². The van der Waals surface area contributed by atoms with Crippen LogP contribution in [0, 0.1) is 5.82 Å². The average molecular weight is 631 g/mol. The van der Waals surface area contributed by atoms with E-state index in [0.29, 0.717) is 43.0 Å². The highest BCUT2D eigenvalue weighted by atomic mass is 35.5. The first-order chi connectivity index (χ1) is 20.4. The maximum absolute atomic E-state index is 13.7. The van der Waals surface area contributed by atoms with E-state index in [0.717, 1.165) is 17.8 Å². The summed E-state index contributed by atoms with van der Waals surface area (Å²) in [7, 11) is 1.55. The Morgan fingerprint density at radius 3 is 2.40 bits per heavy atom. The van der Waals surface area contributed by atoms with E-state index in [1.54, 1.807) is 18.1 Å². The van der Waals surface area contributed by atoms with Crippen molar-refractivity contribution in [1.29, 1.82) is 0 Å². The Kier molecular flexibility index (Phi) is 8.52. The van der Waals surface area contributed by atoms with Crippen molar-refractivity contribution in [2.75, 3.05) is 48.8 Å². The molecule has 4 aromatic rings. The second-order valence-corrected chi connectivity index (χ2v) is 11.7. The number of nitrogens with zero attached hydrogens (tertiary/aromatic N) is 4. The number of amides is 1. The van der Waals surface area contributed by atoms with Gasteiger partial charge in [0.2, 0.25) is 0 Å². The first-order valence-corrected chi connectivity index (χ1v) is 14.2. The molecule has 5 rings (SSSR count). The molecule has 0 radical (unpaired) electrons. The quantitative estimate of drug-likeness (QED) is 0.225. The van der Waals surface area contributed by atoms with Crippen molar-refractivity contribution in [3.63, 3.8) is 0 Å². The number of rotatable bonds is 6. The fourth-order valence-electron chi connectivity index (χ4n) is 4.65. The third-order valence-electron chi connectivity index (χ3n) is 6.64. The number of nitrogens with one attached hydrogen (secondary N) is 3. The van der Waals surface area contributed by atoms with Gasteiger partial charge in [0, 0.05) is 43.3 Å². The molecule has 1 aliphatic heterocycles. The van der Waals surface area contributed by atoms with Gasteiger partial charge in [-0.3, -0.25) is 4.79 Å². The summed E-state index contributed by atoms with van der Waals surface area (Å²) in [6, 6.07) is 9.49. The summed E-state index contributed by atoms with van der Waals surface area (Å²) in [5.41, 5.74) is 0.716. The number of aromatic amines is 1. The molecule has 3 N–H and O–H groups in total. The predicted molar refractivity (Wildman–Crippen MR) is 166 cm³/mol. The Morgan fingerprint density at radius 1 is 1.05 bits per heavy atom. The van der Waals surface area contributed by atoms with E-state index in [9.17, 15) is 14.0 Å². The number of hydrogen-bond donors (Lipinski definition) is 3. The van der Waals surface area contributed by atoms with Crippen molar-refractivity contribution in [3.8, 4) is 5.75 Å². The third kappa shape index (κ3) is 6.86. The number of methoxy groups -OCH3 is 1. The van der Waals surface area contributed by atoms with Gasteiger partial charge in [-0.25, -0.2) is 19.3 Å². The number of anilines is 5. The number of carbonyl (C=O) groups excluding carboxylic acids is 1. The third-order valence-corrected chi connectivity index (χ3v) is 7.24. The molecule has 2 aromatic carbocycles. The molecule has 3 heterocycles. The van der Waals surface area contributed by atoms with Crippen molar-refractivity contribution in [1.82, 2.24) is 20.1 Å². The van der Waals surface area contributed by atoms with Crippen molar-refractivity contribution >= 4 is 68.8 Å². The molecule has 1 amide bonds. The van der Waals surface area contributed by atoms with Crippen LogP contribution in [0.5, 0.6) is 5.75 Å². The lowest BCUT2D eigenvalue weighted by atomic mass is 10.2. The zero-order valence-corrected chi connectivity index (χ0v) is 25.4. The second kappa shape index (κ2) is 12.1. The number of halogens is 3. The van der Waals surface area contributed by atoms with E-state index in [1.807, 2.05) is 39.0 Å². The molecule has 0 unspecified atom stereocenters. The molecule has 0 atom stereocenters. The maximum Gasteiger partial charge on any atom is 0.410 e. The maximum atomic E-state index is 13.7. The van der Waals surface area contributed by atoms with Crippen molar-refractivity contribution in [2.45, 2.75) is 26.4 Å². The number of fused-ring (bicyclic) bond motifs is 1. The highest BCUT2D eigenvalue weighted by Crippen LogP contribution is 2.37. The van der Waals surface area contributed by atoms with E-state index in [4.69, 9.17) is 32.7 Å². The van der Waals surface area contributed by atoms with Gasteiger partial charge in [-0.2, -0.15) is 5.10 Å². The van der Waals surface area contributed by atoms with E-state index in [1.165, 1.54) is 6.20 Å². The van der Waals surface area contributed by atoms with E-state index < -0.39 is 17.0 Å². The number of carbonyl (C=O) groups is 1. The molecule has 1 fully saturated rings. The van der Waals surface area contributed by atoms with Crippen LogP contribution in [0.4, 0.5) is 37.9 Å². The van der Waals surface area contributed by atoms with Crippen LogP contribution in [0.15, 0.2) is 47.4 Å². The Hall–Kier alpha value is -4.29. The molecule has 11 nitrogen and oxygen atoms in total. The fraction of sp³-hybridized carbons (Fsp3) is 0.310. The highest BCUT2D eigenvalue weighted by molar-refractivity contribution is 6.39. The van der Waals surface area contributed by atoms with E-state index >= 15 is 0 Å². The molecular formula is C29H30Cl2FN7O4. The summed E-state index contributed by atoms with van der Waals surface area (Å²) in [4.78, 5) is 33.7. The molecule has 43 heavy (non-hydrogen) atoms. The zero-order valence-electron chi connectivity index (χ0n) is 23.9. The fourth-order valence-corrected chi connectivity index (χ4v) is 5.20. The van der Waals surface area contributed by atoms with Crippen LogP contribution in [-0.2, 0) is 4.74 Å². The van der Waals surface area contributed by atoms with Gasteiger partial charge in [-0.05, 0) is 51.1 Å². The van der Waals surface area contributed by atoms with Gasteiger partial charge in [0.1, 0.15) is 28.8 Å². The van der Waals surface area contributed by atoms with Crippen LogP contribution < -0.4 is 25.8 Å². The molecule has 0 aliphatic carbocycles. The van der Waals surface area contributed by atoms with Crippen molar-refractivity contribution < 1.29 is 18.7 Å². The number of H-pyrrole nitrogens is 1. The summed E-state index contributed by atoms with van der Waals surface area (Å²) in [6.07, 6.45) is 1.16. The lowest BCUT2D eigenvalue weighted by Crippen LogP contribution is -2.50. The number of benzene rings is 2. The molecule has 1 saturated heterocycles. The normalized spacial score (nSPS) is 13.7. The molecule has 0 bridgehead atoms. The molecular weight excluding hydrogens is 600 g/mol. The topological polar surface area (TPSA) is 125 Å². The molecule has 2 aromatic heterocycles. The van der Waals surface area contributed by atoms with Gasteiger partial charge in [-0.15, -0.1) is 0 Å². The Bertz CT molecular complexity index is 1710. The van der Waals surface area contributed by atoms with Crippen LogP contribution in [0.25, 0.3) is 10.8 Å². The molecule has 0 saturated carbocycles. The monoisotopic (exact) mass is 629 g/mol. The van der Waals surface area contributed by atoms with Gasteiger partial charge in [0.25, 0.3) is 5.56 Å². The first kappa shape index (κ1) is 30.2. The largest absolute Gasteiger partial charge is 0.494 e. The first-order valence-electron chi connectivity index (χ1n) is 13.4. The summed E-state index contributed by atoms with van der Waals surface area (Å²) in [5.74, 6) is 0.437. The molecule has 14 heteroatoms. The minimum Gasteiger partial charge on any atom is -0.494 e. The smallest absolute Gasteiger partial charge is 0.410 e. The van der Waals surface area contributed by atoms with Crippen molar-refractivity contribution in [2.24, 2.45) is 0 Å². The SMILES string of the molecule is COc1cc(N2CCN(C(=O)OC(C)(C)C)CC2)ccc1Nc1nc(Nc2c(Cl)cc(F)cc2Cl)cc2cn[nH]c(=O)c12. The van der Waals surface area contributed by atoms with Crippen LogP contribution in [-0.4, -0.2) is 65.1 Å². The molecule has 0 spiro atoms. The Balaban J connectivity index is 1.41. The van der Waals surface area contributed by atoms with Crippen LogP contribution in [0.2, 0.25) is 10.0 Å². The number of ether oxygens (including phenoxy) is 2. The highest BCUT2D eigenvalue weighted by Gasteiger charge is 2.26. The Morgan fingerprint density at radius 2 is 1.74 bits per heavy atom. The number of aromatic nitrogens is 3. The van der Waals surface area contributed by atoms with Crippen LogP contribution >= 0.6 is 23.2 Å². The minimum atomic E-state index is -0.578. The summed E-state index contributed by atoms with van der Waals surface area (Å²) in [6.45, 7) is 7.81. The lowest BCUT2D eigenvalue weighted by molar-refractivity contribution is 0.0240. The van der Waals surface area contributed by atoms with Gasteiger partial charge in [0.05, 0.1) is 40.1 Å². The van der Waals surface area contributed by atoms with Gasteiger partial charge in [0.15, 0.2) is 0 Å². The standard InChI is InChI=1S/C29H30Cl2FN7O4/c1-29(2,3)43-28(41)39-9-7-38(8-10-39)18-5-6-21(22(14-18)42-4)34-26-24-16(15-33-37-27(24)40)11-23(36-26)35-25-19(30)12-17(32)13-20(25)31/h5-6,11-15H,7-10H2,1-4H3,(H,37,40)(H2,34,35,36). The van der Waals surface area contributed by atoms with E-state index in [2.05, 4.69) is 30.7 Å². The lowest BCUT2D eigenvalue weighted by Gasteiger charge is -2.37. The minimum absolute atomic E-state index is 0.0645. The second-order valence-electron chi connectivity index (χ2n) is 10.9. The number of piperazine rings is 1. The van der Waals surface area contributed by atoms with E-state index in [-0.39, 0.29) is 38.8 Å². The van der Waals surface area contributed by atoms with Gasteiger partial charge < -0.3 is 29.9 Å². The van der Waals surface area contributed by atoms with Crippen LogP contribution in [0.3, 0.4) is 0 Å². The summed E-state index contributed by atoms with van der Waals surface area (Å²) in [5, 5.41) is 13.4. The van der Waals surface area contributed by atoms with Crippen molar-refractivity contribution in [3.05, 3.63) is 68.8 Å². The molecule has 1 aliphatic rings. The zero-order chi connectivity index (χ0) is 30.9. The van der Waals surface area contributed by atoms with Gasteiger partial charge >= 0.3 is 6.09 Å². The predicted octanol–water partition coefficient (Wildman–Crippen LogP) is 6.32. The number of hydrogen-bond acceptors (Lipinski definition) is 9. The average Bonchev–Trinajstić information content (AvgIpc) is 2.94. The molecule has 226 valence electrons. The number of pyridine rings is 1. The summed E-state index contributed by atoms with van der Waals surface area (Å²) >= 11 is 12.4. The van der Waals surface area contributed by atoms with Crippen LogP contribution in [0.1, 0.15) is 20.8 Å².